The van der Waals surface area contributed by atoms with E-state index in [2.05, 4.69) is 25.5 Å². The van der Waals surface area contributed by atoms with Crippen molar-refractivity contribution in [3.8, 4) is 0 Å². The van der Waals surface area contributed by atoms with E-state index < -0.39 is 5.97 Å². The predicted molar refractivity (Wildman–Crippen MR) is 61.5 cm³/mol. The molecule has 2 aromatic rings. The summed E-state index contributed by atoms with van der Waals surface area (Å²) >= 11 is 1.25. The van der Waals surface area contributed by atoms with Crippen molar-refractivity contribution in [2.75, 3.05) is 6.54 Å². The van der Waals surface area contributed by atoms with Crippen LogP contribution in [0.3, 0.4) is 0 Å². The van der Waals surface area contributed by atoms with Gasteiger partial charge in [-0.2, -0.15) is 5.10 Å². The minimum absolute atomic E-state index is 0.0246. The van der Waals surface area contributed by atoms with Crippen LogP contribution in [-0.2, 0) is 6.42 Å². The maximum atomic E-state index is 11.5. The molecule has 18 heavy (non-hydrogen) atoms. The zero-order chi connectivity index (χ0) is 13.0. The van der Waals surface area contributed by atoms with Gasteiger partial charge in [-0.05, 0) is 0 Å². The number of carboxylic acids is 1. The first kappa shape index (κ1) is 12.2. The number of aromatic carboxylic acids is 1. The van der Waals surface area contributed by atoms with Crippen LogP contribution in [0.1, 0.15) is 26.1 Å². The maximum absolute atomic E-state index is 11.5. The number of aromatic nitrogens is 4. The zero-order valence-corrected chi connectivity index (χ0v) is 9.90. The van der Waals surface area contributed by atoms with Crippen molar-refractivity contribution in [1.29, 1.82) is 0 Å². The Kier molecular flexibility index (Phi) is 3.63. The Labute approximate surface area is 105 Å². The highest BCUT2D eigenvalue weighted by Gasteiger charge is 2.10. The van der Waals surface area contributed by atoms with Gasteiger partial charge in [0.1, 0.15) is 6.33 Å². The molecular weight excluding hydrogens is 258 g/mol. The molecule has 0 spiro atoms. The molecular formula is C9H9N5O3S. The summed E-state index contributed by atoms with van der Waals surface area (Å²) in [6, 6.07) is 0. The minimum Gasteiger partial charge on any atom is -0.476 e. The quantitative estimate of drug-likeness (QED) is 0.697. The zero-order valence-electron chi connectivity index (χ0n) is 9.08. The summed E-state index contributed by atoms with van der Waals surface area (Å²) < 4.78 is 0. The molecule has 0 radical (unpaired) electrons. The molecule has 0 bridgehead atoms. The molecule has 0 fully saturated rings. The van der Waals surface area contributed by atoms with Gasteiger partial charge in [-0.25, -0.2) is 14.8 Å². The fraction of sp³-hybridized carbons (Fsp3) is 0.222. The van der Waals surface area contributed by atoms with Crippen LogP contribution in [0.4, 0.5) is 0 Å². The smallest absolute Gasteiger partial charge is 0.355 e. The molecule has 0 saturated carbocycles. The second kappa shape index (κ2) is 5.36. The number of thiazole rings is 1. The first-order chi connectivity index (χ1) is 8.66. The molecule has 1 amide bonds. The van der Waals surface area contributed by atoms with E-state index in [4.69, 9.17) is 5.11 Å². The van der Waals surface area contributed by atoms with Gasteiger partial charge in [0.25, 0.3) is 5.91 Å². The number of rotatable bonds is 5. The second-order valence-corrected chi connectivity index (χ2v) is 4.21. The van der Waals surface area contributed by atoms with E-state index in [0.717, 1.165) is 0 Å². The third kappa shape index (κ3) is 2.88. The Morgan fingerprint density at radius 2 is 2.33 bits per heavy atom. The van der Waals surface area contributed by atoms with Crippen molar-refractivity contribution in [2.24, 2.45) is 0 Å². The summed E-state index contributed by atoms with van der Waals surface area (Å²) in [4.78, 5) is 29.7. The maximum Gasteiger partial charge on any atom is 0.355 e. The van der Waals surface area contributed by atoms with E-state index in [0.29, 0.717) is 18.0 Å². The second-order valence-electron chi connectivity index (χ2n) is 3.27. The largest absolute Gasteiger partial charge is 0.476 e. The summed E-state index contributed by atoms with van der Waals surface area (Å²) in [6.07, 6.45) is 1.71. The lowest BCUT2D eigenvalue weighted by Crippen LogP contribution is -2.26. The van der Waals surface area contributed by atoms with Gasteiger partial charge in [-0.15, -0.1) is 11.3 Å². The number of carboxylic acid groups (broad SMARTS) is 1. The molecule has 0 aromatic carbocycles. The average Bonchev–Trinajstić information content (AvgIpc) is 3.00. The van der Waals surface area contributed by atoms with Gasteiger partial charge >= 0.3 is 5.97 Å². The molecule has 2 aromatic heterocycles. The highest BCUT2D eigenvalue weighted by atomic mass is 32.1. The third-order valence-corrected chi connectivity index (χ3v) is 2.93. The van der Waals surface area contributed by atoms with Gasteiger partial charge in [0.15, 0.2) is 5.69 Å². The van der Waals surface area contributed by atoms with Crippen LogP contribution >= 0.6 is 11.3 Å². The average molecular weight is 267 g/mol. The van der Waals surface area contributed by atoms with Crippen molar-refractivity contribution in [3.05, 3.63) is 28.2 Å². The van der Waals surface area contributed by atoms with Crippen LogP contribution in [0.2, 0.25) is 0 Å². The summed E-state index contributed by atoms with van der Waals surface area (Å²) in [5.41, 5.74) is 0.0246. The highest BCUT2D eigenvalue weighted by molar-refractivity contribution is 7.09. The Hall–Kier alpha value is -2.29. The monoisotopic (exact) mass is 267 g/mol. The number of hydrogen-bond donors (Lipinski definition) is 3. The topological polar surface area (TPSA) is 121 Å². The summed E-state index contributed by atoms with van der Waals surface area (Å²) in [5.74, 6) is -1.27. The molecule has 0 aliphatic rings. The first-order valence-electron chi connectivity index (χ1n) is 4.98. The lowest BCUT2D eigenvalue weighted by Gasteiger charge is -2.00. The molecule has 0 saturated heterocycles. The number of nitrogens with one attached hydrogen (secondary N) is 2. The Morgan fingerprint density at radius 3 is 2.94 bits per heavy atom. The number of H-pyrrole nitrogens is 1. The Balaban J connectivity index is 1.81. The first-order valence-corrected chi connectivity index (χ1v) is 5.86. The fourth-order valence-electron chi connectivity index (χ4n) is 1.21. The molecule has 0 aliphatic carbocycles. The molecule has 0 atom stereocenters. The molecule has 2 rings (SSSR count). The Morgan fingerprint density at radius 1 is 1.50 bits per heavy atom. The highest BCUT2D eigenvalue weighted by Crippen LogP contribution is 2.09. The molecule has 0 aliphatic heterocycles. The standard InChI is InChI=1S/C9H9N5O3S/c15-8(7-11-4-12-14-7)10-2-1-6-13-5(3-18-6)9(16)17/h3-4H,1-2H2,(H,10,15)(H,16,17)(H,11,12,14). The van der Waals surface area contributed by atoms with Crippen LogP contribution in [-0.4, -0.2) is 43.7 Å². The van der Waals surface area contributed by atoms with Gasteiger partial charge in [0, 0.05) is 18.3 Å². The number of carbonyl (C=O) groups is 2. The number of hydrogen-bond acceptors (Lipinski definition) is 6. The normalized spacial score (nSPS) is 10.2. The van der Waals surface area contributed by atoms with Crippen LogP contribution in [0.5, 0.6) is 0 Å². The predicted octanol–water partition coefficient (Wildman–Crippen LogP) is -0.0681. The van der Waals surface area contributed by atoms with Gasteiger partial charge in [-0.3, -0.25) is 9.89 Å². The van der Waals surface area contributed by atoms with E-state index in [1.165, 1.54) is 23.0 Å². The van der Waals surface area contributed by atoms with Crippen molar-refractivity contribution in [1.82, 2.24) is 25.5 Å². The van der Waals surface area contributed by atoms with Crippen LogP contribution in [0, 0.1) is 0 Å². The summed E-state index contributed by atoms with van der Waals surface area (Å²) in [7, 11) is 0. The van der Waals surface area contributed by atoms with Crippen molar-refractivity contribution in [3.63, 3.8) is 0 Å². The van der Waals surface area contributed by atoms with E-state index in [1.54, 1.807) is 0 Å². The van der Waals surface area contributed by atoms with Crippen LogP contribution in [0.15, 0.2) is 11.7 Å². The van der Waals surface area contributed by atoms with Gasteiger partial charge in [-0.1, -0.05) is 0 Å². The minimum atomic E-state index is -1.05. The van der Waals surface area contributed by atoms with Crippen LogP contribution < -0.4 is 5.32 Å². The molecule has 94 valence electrons. The van der Waals surface area contributed by atoms with E-state index in [-0.39, 0.29) is 17.4 Å². The number of amides is 1. The summed E-state index contributed by atoms with van der Waals surface area (Å²) in [5, 5.41) is 19.4. The SMILES string of the molecule is O=C(O)c1csc(CCNC(=O)c2ncn[nH]2)n1. The Bertz CT molecular complexity index is 550. The molecule has 0 unspecified atom stereocenters. The molecule has 2 heterocycles. The van der Waals surface area contributed by atoms with E-state index in [9.17, 15) is 9.59 Å². The van der Waals surface area contributed by atoms with E-state index in [1.807, 2.05) is 0 Å². The van der Waals surface area contributed by atoms with Gasteiger partial charge in [0.05, 0.1) is 5.01 Å². The van der Waals surface area contributed by atoms with Crippen molar-refractivity contribution >= 4 is 23.2 Å². The third-order valence-electron chi connectivity index (χ3n) is 2.03. The van der Waals surface area contributed by atoms with Gasteiger partial charge < -0.3 is 10.4 Å². The number of carbonyl (C=O) groups excluding carboxylic acids is 1. The van der Waals surface area contributed by atoms with Crippen LogP contribution in [0.25, 0.3) is 0 Å². The van der Waals surface area contributed by atoms with Gasteiger partial charge in [0.2, 0.25) is 5.82 Å². The van der Waals surface area contributed by atoms with Crippen molar-refractivity contribution < 1.29 is 14.7 Å². The lowest BCUT2D eigenvalue weighted by atomic mass is 10.4. The number of aromatic amines is 1. The molecule has 3 N–H and O–H groups in total. The molecule has 9 heteroatoms. The fourth-order valence-corrected chi connectivity index (χ4v) is 1.98. The summed E-state index contributed by atoms with van der Waals surface area (Å²) in [6.45, 7) is 0.353. The number of nitrogens with zero attached hydrogens (tertiary/aromatic N) is 3. The van der Waals surface area contributed by atoms with E-state index >= 15 is 0 Å². The lowest BCUT2D eigenvalue weighted by molar-refractivity contribution is 0.0690. The molecule has 8 nitrogen and oxygen atoms in total. The van der Waals surface area contributed by atoms with Crippen molar-refractivity contribution in [2.45, 2.75) is 6.42 Å².